The van der Waals surface area contributed by atoms with E-state index >= 15 is 0 Å². The second-order valence-electron chi connectivity index (χ2n) is 3.29. The predicted molar refractivity (Wildman–Crippen MR) is 67.7 cm³/mol. The van der Waals surface area contributed by atoms with E-state index in [9.17, 15) is 14.9 Å². The first-order chi connectivity index (χ1) is 8.50. The van der Waals surface area contributed by atoms with Crippen molar-refractivity contribution in [3.63, 3.8) is 0 Å². The molecule has 18 heavy (non-hydrogen) atoms. The van der Waals surface area contributed by atoms with Crippen molar-refractivity contribution in [1.82, 2.24) is 0 Å². The Hall–Kier alpha value is -1.67. The summed E-state index contributed by atoms with van der Waals surface area (Å²) in [6, 6.07) is 4.53. The van der Waals surface area contributed by atoms with E-state index < -0.39 is 10.9 Å². The summed E-state index contributed by atoms with van der Waals surface area (Å²) < 4.78 is 5.51. The molecule has 0 spiro atoms. The monoisotopic (exact) mass is 318 g/mol. The third-order valence-corrected chi connectivity index (χ3v) is 2.44. The van der Waals surface area contributed by atoms with Crippen LogP contribution in [0.4, 0.5) is 11.4 Å². The summed E-state index contributed by atoms with van der Waals surface area (Å²) in [6.07, 6.45) is 0. The smallest absolute Gasteiger partial charge is 0.329 e. The molecule has 1 rings (SSSR count). The Balaban J connectivity index is 2.53. The number of hydrogen-bond acceptors (Lipinski definition) is 5. The van der Waals surface area contributed by atoms with Crippen molar-refractivity contribution in [1.29, 1.82) is 0 Å². The standard InChI is InChI=1S/C10H11BrN2O5/c11-7-1-2-9(13(16)17)8(5-7)12-3-4-18-6-10(14)15/h1-2,5,12H,3-4,6H2,(H,14,15). The van der Waals surface area contributed by atoms with Gasteiger partial charge in [0.1, 0.15) is 12.3 Å². The molecule has 0 amide bonds. The highest BCUT2D eigenvalue weighted by molar-refractivity contribution is 9.10. The number of halogens is 1. The van der Waals surface area contributed by atoms with Crippen LogP contribution in [0.2, 0.25) is 0 Å². The minimum Gasteiger partial charge on any atom is -0.480 e. The number of aliphatic carboxylic acids is 1. The summed E-state index contributed by atoms with van der Waals surface area (Å²) in [5.41, 5.74) is 0.310. The Labute approximate surface area is 111 Å². The van der Waals surface area contributed by atoms with Crippen LogP contribution < -0.4 is 5.32 Å². The molecule has 2 N–H and O–H groups in total. The minimum atomic E-state index is -1.05. The van der Waals surface area contributed by atoms with Crippen molar-refractivity contribution in [2.45, 2.75) is 0 Å². The van der Waals surface area contributed by atoms with E-state index in [0.717, 1.165) is 0 Å². The van der Waals surface area contributed by atoms with E-state index in [4.69, 9.17) is 9.84 Å². The first-order valence-electron chi connectivity index (χ1n) is 4.98. The van der Waals surface area contributed by atoms with Crippen molar-refractivity contribution in [3.05, 3.63) is 32.8 Å². The molecule has 0 aliphatic heterocycles. The van der Waals surface area contributed by atoms with Crippen LogP contribution in [0, 0.1) is 10.1 Å². The second-order valence-corrected chi connectivity index (χ2v) is 4.21. The van der Waals surface area contributed by atoms with Crippen LogP contribution in [0.3, 0.4) is 0 Å². The molecular formula is C10H11BrN2O5. The topological polar surface area (TPSA) is 102 Å². The molecule has 0 radical (unpaired) electrons. The molecule has 0 unspecified atom stereocenters. The van der Waals surface area contributed by atoms with Gasteiger partial charge in [-0.25, -0.2) is 4.79 Å². The Morgan fingerprint density at radius 2 is 2.28 bits per heavy atom. The molecule has 98 valence electrons. The van der Waals surface area contributed by atoms with Gasteiger partial charge in [-0.3, -0.25) is 10.1 Å². The molecule has 0 saturated carbocycles. The van der Waals surface area contributed by atoms with E-state index in [2.05, 4.69) is 21.2 Å². The Morgan fingerprint density at radius 3 is 2.89 bits per heavy atom. The Morgan fingerprint density at radius 1 is 1.56 bits per heavy atom. The molecule has 8 heteroatoms. The van der Waals surface area contributed by atoms with Gasteiger partial charge in [0, 0.05) is 17.1 Å². The molecule has 0 heterocycles. The third-order valence-electron chi connectivity index (χ3n) is 1.94. The van der Waals surface area contributed by atoms with Gasteiger partial charge in [-0.2, -0.15) is 0 Å². The van der Waals surface area contributed by atoms with E-state index in [0.29, 0.717) is 10.2 Å². The number of anilines is 1. The summed E-state index contributed by atoms with van der Waals surface area (Å²) >= 11 is 3.22. The number of nitrogens with one attached hydrogen (secondary N) is 1. The van der Waals surface area contributed by atoms with Crippen molar-refractivity contribution in [2.75, 3.05) is 25.1 Å². The van der Waals surface area contributed by atoms with Crippen LogP contribution in [0.1, 0.15) is 0 Å². The molecule has 0 bridgehead atoms. The van der Waals surface area contributed by atoms with Gasteiger partial charge < -0.3 is 15.2 Å². The highest BCUT2D eigenvalue weighted by Crippen LogP contribution is 2.27. The Bertz CT molecular complexity index is 452. The second kappa shape index (κ2) is 6.92. The number of nitro benzene ring substituents is 1. The van der Waals surface area contributed by atoms with Crippen LogP contribution >= 0.6 is 15.9 Å². The van der Waals surface area contributed by atoms with E-state index in [1.807, 2.05) is 0 Å². The van der Waals surface area contributed by atoms with Gasteiger partial charge in [0.05, 0.1) is 11.5 Å². The maximum atomic E-state index is 10.8. The maximum Gasteiger partial charge on any atom is 0.329 e. The largest absolute Gasteiger partial charge is 0.480 e. The van der Waals surface area contributed by atoms with Crippen LogP contribution in [0.5, 0.6) is 0 Å². The number of nitro groups is 1. The first-order valence-corrected chi connectivity index (χ1v) is 5.77. The number of carboxylic acid groups (broad SMARTS) is 1. The minimum absolute atomic E-state index is 0.0450. The van der Waals surface area contributed by atoms with Crippen LogP contribution in [0.25, 0.3) is 0 Å². The van der Waals surface area contributed by atoms with Gasteiger partial charge in [-0.1, -0.05) is 15.9 Å². The van der Waals surface area contributed by atoms with Crippen LogP contribution in [0.15, 0.2) is 22.7 Å². The molecule has 1 aromatic carbocycles. The summed E-state index contributed by atoms with van der Waals surface area (Å²) in [4.78, 5) is 20.4. The molecule has 0 fully saturated rings. The zero-order valence-electron chi connectivity index (χ0n) is 9.26. The number of ether oxygens (including phenoxy) is 1. The van der Waals surface area contributed by atoms with Crippen molar-refractivity contribution < 1.29 is 19.6 Å². The quantitative estimate of drug-likeness (QED) is 0.452. The fourth-order valence-electron chi connectivity index (χ4n) is 1.23. The van der Waals surface area contributed by atoms with Crippen molar-refractivity contribution in [3.8, 4) is 0 Å². The average molecular weight is 319 g/mol. The van der Waals surface area contributed by atoms with Gasteiger partial charge in [-0.05, 0) is 12.1 Å². The number of rotatable bonds is 7. The summed E-state index contributed by atoms with van der Waals surface area (Å²) in [6.45, 7) is 0.0444. The van der Waals surface area contributed by atoms with Crippen molar-refractivity contribution in [2.24, 2.45) is 0 Å². The number of carbonyl (C=O) groups is 1. The van der Waals surface area contributed by atoms with Crippen LogP contribution in [-0.2, 0) is 9.53 Å². The molecule has 0 aliphatic rings. The molecule has 1 aromatic rings. The summed E-state index contributed by atoms with van der Waals surface area (Å²) in [5.74, 6) is -1.05. The lowest BCUT2D eigenvalue weighted by molar-refractivity contribution is -0.384. The maximum absolute atomic E-state index is 10.8. The van der Waals surface area contributed by atoms with E-state index in [-0.39, 0.29) is 25.4 Å². The van der Waals surface area contributed by atoms with Gasteiger partial charge in [-0.15, -0.1) is 0 Å². The number of hydrogen-bond donors (Lipinski definition) is 2. The highest BCUT2D eigenvalue weighted by atomic mass is 79.9. The van der Waals surface area contributed by atoms with Gasteiger partial charge >= 0.3 is 5.97 Å². The molecular weight excluding hydrogens is 308 g/mol. The summed E-state index contributed by atoms with van der Waals surface area (Å²) in [5, 5.41) is 21.9. The van der Waals surface area contributed by atoms with Crippen molar-refractivity contribution >= 4 is 33.3 Å². The van der Waals surface area contributed by atoms with Gasteiger partial charge in [0.2, 0.25) is 0 Å². The molecule has 0 atom stereocenters. The summed E-state index contributed by atoms with van der Waals surface area (Å²) in [7, 11) is 0. The highest BCUT2D eigenvalue weighted by Gasteiger charge is 2.13. The normalized spacial score (nSPS) is 10.1. The fraction of sp³-hybridized carbons (Fsp3) is 0.300. The van der Waals surface area contributed by atoms with Gasteiger partial charge in [0.25, 0.3) is 5.69 Å². The molecule has 0 aliphatic carbocycles. The third kappa shape index (κ3) is 4.68. The lowest BCUT2D eigenvalue weighted by atomic mass is 10.2. The predicted octanol–water partition coefficient (Wildman–Crippen LogP) is 1.87. The first kappa shape index (κ1) is 14.4. The zero-order chi connectivity index (χ0) is 13.5. The van der Waals surface area contributed by atoms with Crippen LogP contribution in [-0.4, -0.2) is 35.8 Å². The number of carboxylic acids is 1. The zero-order valence-corrected chi connectivity index (χ0v) is 10.8. The van der Waals surface area contributed by atoms with E-state index in [1.165, 1.54) is 6.07 Å². The molecule has 0 aromatic heterocycles. The molecule has 7 nitrogen and oxygen atoms in total. The Kier molecular flexibility index (Phi) is 5.53. The molecule has 0 saturated heterocycles. The SMILES string of the molecule is O=C(O)COCCNc1cc(Br)ccc1[N+](=O)[O-]. The fourth-order valence-corrected chi connectivity index (χ4v) is 1.59. The lowest BCUT2D eigenvalue weighted by Gasteiger charge is -2.07. The van der Waals surface area contributed by atoms with Gasteiger partial charge in [0.15, 0.2) is 0 Å². The number of benzene rings is 1. The number of nitrogens with zero attached hydrogens (tertiary/aromatic N) is 1. The lowest BCUT2D eigenvalue weighted by Crippen LogP contribution is -2.14. The van der Waals surface area contributed by atoms with E-state index in [1.54, 1.807) is 12.1 Å². The average Bonchev–Trinajstić information content (AvgIpc) is 2.27.